The summed E-state index contributed by atoms with van der Waals surface area (Å²) in [6.07, 6.45) is 5.00. The maximum Gasteiger partial charge on any atom is 0.274 e. The summed E-state index contributed by atoms with van der Waals surface area (Å²) in [6.45, 7) is 4.54. The van der Waals surface area contributed by atoms with E-state index in [1.54, 1.807) is 12.4 Å². The Morgan fingerprint density at radius 3 is 2.63 bits per heavy atom. The maximum atomic E-state index is 13.1. The molecule has 0 spiro atoms. The Morgan fingerprint density at radius 1 is 1.03 bits per heavy atom. The van der Waals surface area contributed by atoms with Crippen molar-refractivity contribution in [2.45, 2.75) is 32.7 Å². The predicted molar refractivity (Wildman–Crippen MR) is 113 cm³/mol. The van der Waals surface area contributed by atoms with Gasteiger partial charge in [-0.3, -0.25) is 9.78 Å². The molecular weight excluding hydrogens is 376 g/mol. The van der Waals surface area contributed by atoms with Crippen LogP contribution in [-0.2, 0) is 0 Å². The van der Waals surface area contributed by atoms with Crippen molar-refractivity contribution in [3.05, 3.63) is 77.6 Å². The van der Waals surface area contributed by atoms with E-state index in [0.29, 0.717) is 12.2 Å². The van der Waals surface area contributed by atoms with Crippen LogP contribution in [0.15, 0.2) is 54.9 Å². The van der Waals surface area contributed by atoms with Crippen LogP contribution < -0.4 is 0 Å². The van der Waals surface area contributed by atoms with Crippen LogP contribution in [-0.4, -0.2) is 42.1 Å². The van der Waals surface area contributed by atoms with E-state index >= 15 is 0 Å². The molecule has 1 atom stereocenters. The molecule has 4 aromatic rings. The van der Waals surface area contributed by atoms with Crippen molar-refractivity contribution in [1.82, 2.24) is 29.6 Å². The normalized spacial score (nSPS) is 16.3. The number of carbonyl (C=O) groups excluding carboxylic acids is 1. The first kappa shape index (κ1) is 18.4. The second kappa shape index (κ2) is 7.33. The van der Waals surface area contributed by atoms with Gasteiger partial charge in [0.1, 0.15) is 5.69 Å². The first-order valence-electron chi connectivity index (χ1n) is 10.1. The number of hydrogen-bond donors (Lipinski definition) is 0. The van der Waals surface area contributed by atoms with Crippen molar-refractivity contribution in [3.8, 4) is 5.69 Å². The number of carbonyl (C=O) groups is 1. The number of benzene rings is 1. The van der Waals surface area contributed by atoms with E-state index in [0.717, 1.165) is 46.6 Å². The van der Waals surface area contributed by atoms with Gasteiger partial charge in [-0.25, -0.2) is 14.6 Å². The number of pyridine rings is 1. The zero-order chi connectivity index (χ0) is 20.7. The standard InChI is InChI=1S/C23H22N6O/c1-15-13-25-20(14-24-15)23(30)28-12-6-9-21(28)19-11-10-18-16(2)27-29(22(18)26-19)17-7-4-3-5-8-17/h3-5,7-8,10-11,13-14,21H,6,9,12H2,1-2H3/t21-/m1/s1. The molecule has 30 heavy (non-hydrogen) atoms. The van der Waals surface area contributed by atoms with E-state index in [-0.39, 0.29) is 11.9 Å². The number of rotatable bonds is 3. The highest BCUT2D eigenvalue weighted by Crippen LogP contribution is 2.33. The fourth-order valence-electron chi connectivity index (χ4n) is 4.06. The Morgan fingerprint density at radius 2 is 1.87 bits per heavy atom. The largest absolute Gasteiger partial charge is 0.329 e. The molecule has 1 aliphatic heterocycles. The second-order valence-electron chi connectivity index (χ2n) is 7.64. The molecule has 0 unspecified atom stereocenters. The van der Waals surface area contributed by atoms with Crippen LogP contribution in [0.4, 0.5) is 0 Å². The lowest BCUT2D eigenvalue weighted by molar-refractivity contribution is 0.0726. The molecule has 0 N–H and O–H groups in total. The fraction of sp³-hybridized carbons (Fsp3) is 0.261. The van der Waals surface area contributed by atoms with Crippen LogP contribution in [0.2, 0.25) is 0 Å². The Kier molecular flexibility index (Phi) is 4.50. The van der Waals surface area contributed by atoms with Crippen LogP contribution in [0.25, 0.3) is 16.7 Å². The van der Waals surface area contributed by atoms with E-state index in [1.807, 2.05) is 59.8 Å². The predicted octanol–water partition coefficient (Wildman–Crippen LogP) is 3.80. The van der Waals surface area contributed by atoms with Gasteiger partial charge in [0.05, 0.1) is 35.0 Å². The van der Waals surface area contributed by atoms with Gasteiger partial charge in [0.2, 0.25) is 0 Å². The van der Waals surface area contributed by atoms with Crippen LogP contribution in [0, 0.1) is 13.8 Å². The van der Waals surface area contributed by atoms with E-state index in [4.69, 9.17) is 10.1 Å². The molecule has 0 radical (unpaired) electrons. The van der Waals surface area contributed by atoms with E-state index < -0.39 is 0 Å². The lowest BCUT2D eigenvalue weighted by Gasteiger charge is -2.24. The lowest BCUT2D eigenvalue weighted by Crippen LogP contribution is -2.31. The van der Waals surface area contributed by atoms with E-state index in [2.05, 4.69) is 16.0 Å². The number of aromatic nitrogens is 5. The smallest absolute Gasteiger partial charge is 0.274 e. The number of nitrogens with zero attached hydrogens (tertiary/aromatic N) is 6. The molecule has 0 saturated carbocycles. The minimum atomic E-state index is -0.0976. The average molecular weight is 398 g/mol. The van der Waals surface area contributed by atoms with Gasteiger partial charge in [0.15, 0.2) is 5.65 Å². The molecule has 7 nitrogen and oxygen atoms in total. The number of likely N-dealkylation sites (tertiary alicyclic amines) is 1. The van der Waals surface area contributed by atoms with E-state index in [1.165, 1.54) is 0 Å². The molecule has 0 bridgehead atoms. The minimum Gasteiger partial charge on any atom is -0.329 e. The van der Waals surface area contributed by atoms with Gasteiger partial charge in [-0.2, -0.15) is 5.10 Å². The minimum absolute atomic E-state index is 0.0792. The van der Waals surface area contributed by atoms with Crippen molar-refractivity contribution in [1.29, 1.82) is 0 Å². The van der Waals surface area contributed by atoms with Gasteiger partial charge in [-0.15, -0.1) is 0 Å². The molecule has 150 valence electrons. The summed E-state index contributed by atoms with van der Waals surface area (Å²) < 4.78 is 1.88. The van der Waals surface area contributed by atoms with Gasteiger partial charge in [-0.1, -0.05) is 18.2 Å². The fourth-order valence-corrected chi connectivity index (χ4v) is 4.06. The lowest BCUT2D eigenvalue weighted by atomic mass is 10.1. The Hall–Kier alpha value is -3.61. The molecule has 0 aliphatic carbocycles. The zero-order valence-electron chi connectivity index (χ0n) is 17.0. The van der Waals surface area contributed by atoms with Crippen molar-refractivity contribution < 1.29 is 4.79 Å². The van der Waals surface area contributed by atoms with Crippen LogP contribution in [0.3, 0.4) is 0 Å². The molecular formula is C23H22N6O. The van der Waals surface area contributed by atoms with Crippen molar-refractivity contribution in [3.63, 3.8) is 0 Å². The maximum absolute atomic E-state index is 13.1. The van der Waals surface area contributed by atoms with Crippen LogP contribution >= 0.6 is 0 Å². The molecule has 7 heteroatoms. The number of amides is 1. The van der Waals surface area contributed by atoms with Gasteiger partial charge < -0.3 is 4.90 Å². The molecule has 1 fully saturated rings. The number of para-hydroxylation sites is 1. The summed E-state index contributed by atoms with van der Waals surface area (Å²) in [5.74, 6) is -0.0976. The third-order valence-electron chi connectivity index (χ3n) is 5.59. The second-order valence-corrected chi connectivity index (χ2v) is 7.64. The first-order chi connectivity index (χ1) is 14.6. The highest BCUT2D eigenvalue weighted by atomic mass is 16.2. The number of hydrogen-bond acceptors (Lipinski definition) is 5. The third kappa shape index (κ3) is 3.12. The SMILES string of the molecule is Cc1cnc(C(=O)N2CCC[C@@H]2c2ccc3c(C)nn(-c4ccccc4)c3n2)cn1. The summed E-state index contributed by atoms with van der Waals surface area (Å²) in [5, 5.41) is 5.71. The summed E-state index contributed by atoms with van der Waals surface area (Å²) in [4.78, 5) is 28.4. The molecule has 1 amide bonds. The molecule has 4 heterocycles. The molecule has 1 aliphatic rings. The highest BCUT2D eigenvalue weighted by Gasteiger charge is 2.32. The molecule has 1 aromatic carbocycles. The third-order valence-corrected chi connectivity index (χ3v) is 5.59. The van der Waals surface area contributed by atoms with Gasteiger partial charge in [0, 0.05) is 18.1 Å². The zero-order valence-corrected chi connectivity index (χ0v) is 17.0. The summed E-state index contributed by atoms with van der Waals surface area (Å²) in [7, 11) is 0. The summed E-state index contributed by atoms with van der Waals surface area (Å²) >= 11 is 0. The highest BCUT2D eigenvalue weighted by molar-refractivity contribution is 5.92. The topological polar surface area (TPSA) is 76.8 Å². The Bertz CT molecular complexity index is 1220. The van der Waals surface area contributed by atoms with Crippen molar-refractivity contribution in [2.75, 3.05) is 6.54 Å². The van der Waals surface area contributed by atoms with E-state index in [9.17, 15) is 4.79 Å². The average Bonchev–Trinajstić information content (AvgIpc) is 3.39. The van der Waals surface area contributed by atoms with Crippen LogP contribution in [0.5, 0.6) is 0 Å². The number of fused-ring (bicyclic) bond motifs is 1. The number of aryl methyl sites for hydroxylation is 2. The summed E-state index contributed by atoms with van der Waals surface area (Å²) in [5.41, 5.74) is 4.76. The van der Waals surface area contributed by atoms with Gasteiger partial charge in [-0.05, 0) is 51.0 Å². The summed E-state index contributed by atoms with van der Waals surface area (Å²) in [6, 6.07) is 14.0. The van der Waals surface area contributed by atoms with Gasteiger partial charge in [0.25, 0.3) is 5.91 Å². The quantitative estimate of drug-likeness (QED) is 0.525. The molecule has 5 rings (SSSR count). The molecule has 1 saturated heterocycles. The van der Waals surface area contributed by atoms with Crippen LogP contribution in [0.1, 0.15) is 46.5 Å². The first-order valence-corrected chi connectivity index (χ1v) is 10.1. The molecule has 3 aromatic heterocycles. The Labute approximate surface area is 174 Å². The van der Waals surface area contributed by atoms with Crippen molar-refractivity contribution >= 4 is 16.9 Å². The van der Waals surface area contributed by atoms with Crippen molar-refractivity contribution in [2.24, 2.45) is 0 Å². The monoisotopic (exact) mass is 398 g/mol. The Balaban J connectivity index is 1.54. The van der Waals surface area contributed by atoms with Gasteiger partial charge >= 0.3 is 0 Å².